The summed E-state index contributed by atoms with van der Waals surface area (Å²) in [6.45, 7) is 2.07. The fourth-order valence-corrected chi connectivity index (χ4v) is 1.22. The summed E-state index contributed by atoms with van der Waals surface area (Å²) in [5.74, 6) is 0.506. The number of carbonyl (C=O) groups is 1. The Morgan fingerprint density at radius 1 is 1.53 bits per heavy atom. The van der Waals surface area contributed by atoms with Crippen molar-refractivity contribution in [3.8, 4) is 5.75 Å². The van der Waals surface area contributed by atoms with Gasteiger partial charge in [-0.15, -0.1) is 0 Å². The SMILES string of the molecule is CCOC(=O)Nc1ccc(Cl)c(OC)c1. The van der Waals surface area contributed by atoms with Gasteiger partial charge in [0.15, 0.2) is 0 Å². The Bertz CT molecular complexity index is 355. The van der Waals surface area contributed by atoms with E-state index in [2.05, 4.69) is 5.32 Å². The number of rotatable bonds is 3. The highest BCUT2D eigenvalue weighted by Gasteiger charge is 2.05. The van der Waals surface area contributed by atoms with Gasteiger partial charge >= 0.3 is 6.09 Å². The topological polar surface area (TPSA) is 47.6 Å². The maximum absolute atomic E-state index is 11.1. The normalized spacial score (nSPS) is 9.53. The van der Waals surface area contributed by atoms with Crippen molar-refractivity contribution in [2.24, 2.45) is 0 Å². The summed E-state index contributed by atoms with van der Waals surface area (Å²) in [7, 11) is 1.51. The second-order valence-electron chi connectivity index (χ2n) is 2.69. The minimum atomic E-state index is -0.498. The summed E-state index contributed by atoms with van der Waals surface area (Å²) in [5.41, 5.74) is 0.578. The molecule has 0 heterocycles. The molecule has 0 saturated carbocycles. The third-order valence-corrected chi connectivity index (χ3v) is 1.99. The molecule has 0 unspecified atom stereocenters. The van der Waals surface area contributed by atoms with Crippen LogP contribution < -0.4 is 10.1 Å². The van der Waals surface area contributed by atoms with Gasteiger partial charge in [-0.2, -0.15) is 0 Å². The third kappa shape index (κ3) is 3.32. The highest BCUT2D eigenvalue weighted by molar-refractivity contribution is 6.32. The molecule has 0 saturated heterocycles. The van der Waals surface area contributed by atoms with Crippen molar-refractivity contribution in [2.45, 2.75) is 6.92 Å². The molecule has 0 aliphatic rings. The smallest absolute Gasteiger partial charge is 0.411 e. The predicted octanol–water partition coefficient (Wildman–Crippen LogP) is 2.92. The monoisotopic (exact) mass is 229 g/mol. The van der Waals surface area contributed by atoms with Crippen LogP contribution in [0, 0.1) is 0 Å². The van der Waals surface area contributed by atoms with Gasteiger partial charge in [0.05, 0.1) is 18.7 Å². The van der Waals surface area contributed by atoms with E-state index in [1.807, 2.05) is 0 Å². The molecule has 1 aromatic carbocycles. The van der Waals surface area contributed by atoms with Gasteiger partial charge in [0.25, 0.3) is 0 Å². The minimum Gasteiger partial charge on any atom is -0.495 e. The molecule has 0 aliphatic carbocycles. The first kappa shape index (κ1) is 11.7. The van der Waals surface area contributed by atoms with Gasteiger partial charge in [0, 0.05) is 11.8 Å². The molecule has 0 aliphatic heterocycles. The average Bonchev–Trinajstić information content (AvgIpc) is 2.21. The largest absolute Gasteiger partial charge is 0.495 e. The van der Waals surface area contributed by atoms with Gasteiger partial charge in [-0.25, -0.2) is 4.79 Å². The zero-order valence-electron chi connectivity index (χ0n) is 8.54. The van der Waals surface area contributed by atoms with E-state index in [0.29, 0.717) is 23.1 Å². The highest BCUT2D eigenvalue weighted by Crippen LogP contribution is 2.27. The number of benzene rings is 1. The molecule has 1 N–H and O–H groups in total. The van der Waals surface area contributed by atoms with E-state index >= 15 is 0 Å². The molecule has 15 heavy (non-hydrogen) atoms. The minimum absolute atomic E-state index is 0.330. The van der Waals surface area contributed by atoms with Crippen molar-refractivity contribution < 1.29 is 14.3 Å². The van der Waals surface area contributed by atoms with Gasteiger partial charge in [-0.3, -0.25) is 5.32 Å². The second kappa shape index (κ2) is 5.46. The lowest BCUT2D eigenvalue weighted by atomic mass is 10.3. The van der Waals surface area contributed by atoms with E-state index in [1.54, 1.807) is 25.1 Å². The van der Waals surface area contributed by atoms with Gasteiger partial charge in [-0.1, -0.05) is 11.6 Å². The van der Waals surface area contributed by atoms with Crippen LogP contribution in [0.4, 0.5) is 10.5 Å². The number of nitrogens with one attached hydrogen (secondary N) is 1. The fourth-order valence-electron chi connectivity index (χ4n) is 1.02. The highest BCUT2D eigenvalue weighted by atomic mass is 35.5. The van der Waals surface area contributed by atoms with E-state index in [0.717, 1.165) is 0 Å². The van der Waals surface area contributed by atoms with Crippen LogP contribution >= 0.6 is 11.6 Å². The zero-order chi connectivity index (χ0) is 11.3. The number of carbonyl (C=O) groups excluding carboxylic acids is 1. The number of methoxy groups -OCH3 is 1. The number of halogens is 1. The number of anilines is 1. The van der Waals surface area contributed by atoms with E-state index in [1.165, 1.54) is 7.11 Å². The fraction of sp³-hybridized carbons (Fsp3) is 0.300. The predicted molar refractivity (Wildman–Crippen MR) is 58.6 cm³/mol. The van der Waals surface area contributed by atoms with E-state index < -0.39 is 6.09 Å². The van der Waals surface area contributed by atoms with Crippen molar-refractivity contribution in [3.05, 3.63) is 23.2 Å². The van der Waals surface area contributed by atoms with Crippen molar-refractivity contribution in [1.82, 2.24) is 0 Å². The van der Waals surface area contributed by atoms with Crippen LogP contribution in [0.5, 0.6) is 5.75 Å². The number of hydrogen-bond acceptors (Lipinski definition) is 3. The molecule has 0 atom stereocenters. The molecule has 0 radical (unpaired) electrons. The summed E-state index contributed by atoms with van der Waals surface area (Å²) >= 11 is 5.83. The third-order valence-electron chi connectivity index (χ3n) is 1.67. The number of amides is 1. The van der Waals surface area contributed by atoms with Crippen molar-refractivity contribution in [1.29, 1.82) is 0 Å². The molecular weight excluding hydrogens is 218 g/mol. The summed E-state index contributed by atoms with van der Waals surface area (Å²) in [5, 5.41) is 3.04. The molecule has 1 aromatic rings. The molecule has 82 valence electrons. The van der Waals surface area contributed by atoms with Gasteiger partial charge in [-0.05, 0) is 19.1 Å². The van der Waals surface area contributed by atoms with Crippen LogP contribution in [0.3, 0.4) is 0 Å². The molecule has 0 aromatic heterocycles. The maximum atomic E-state index is 11.1. The molecule has 1 amide bonds. The van der Waals surface area contributed by atoms with Crippen molar-refractivity contribution in [2.75, 3.05) is 19.0 Å². The molecule has 4 nitrogen and oxygen atoms in total. The number of hydrogen-bond donors (Lipinski definition) is 1. The molecule has 5 heteroatoms. The maximum Gasteiger partial charge on any atom is 0.411 e. The Kier molecular flexibility index (Phi) is 4.24. The average molecular weight is 230 g/mol. The first-order valence-electron chi connectivity index (χ1n) is 4.44. The summed E-state index contributed by atoms with van der Waals surface area (Å²) < 4.78 is 9.73. The summed E-state index contributed by atoms with van der Waals surface area (Å²) in [4.78, 5) is 11.1. The lowest BCUT2D eigenvalue weighted by Crippen LogP contribution is -2.13. The molecule has 0 fully saturated rings. The molecule has 0 bridgehead atoms. The van der Waals surface area contributed by atoms with Crippen molar-refractivity contribution in [3.63, 3.8) is 0 Å². The van der Waals surface area contributed by atoms with Crippen LogP contribution in [0.15, 0.2) is 18.2 Å². The first-order valence-corrected chi connectivity index (χ1v) is 4.82. The molecular formula is C10H12ClNO3. The van der Waals surface area contributed by atoms with Gasteiger partial charge in [0.1, 0.15) is 5.75 Å². The van der Waals surface area contributed by atoms with Crippen LogP contribution in [0.1, 0.15) is 6.92 Å². The molecule has 0 spiro atoms. The van der Waals surface area contributed by atoms with Crippen molar-refractivity contribution >= 4 is 23.4 Å². The lowest BCUT2D eigenvalue weighted by Gasteiger charge is -2.07. The Hall–Kier alpha value is -1.42. The van der Waals surface area contributed by atoms with Crippen LogP contribution in [0.25, 0.3) is 0 Å². The van der Waals surface area contributed by atoms with Crippen LogP contribution in [-0.4, -0.2) is 19.8 Å². The Morgan fingerprint density at radius 2 is 2.27 bits per heavy atom. The Morgan fingerprint density at radius 3 is 2.87 bits per heavy atom. The quantitative estimate of drug-likeness (QED) is 0.867. The standard InChI is InChI=1S/C10H12ClNO3/c1-3-15-10(13)12-7-4-5-8(11)9(6-7)14-2/h4-6H,3H2,1-2H3,(H,12,13). The van der Waals surface area contributed by atoms with Gasteiger partial charge in [0.2, 0.25) is 0 Å². The van der Waals surface area contributed by atoms with E-state index in [9.17, 15) is 4.79 Å². The lowest BCUT2D eigenvalue weighted by molar-refractivity contribution is 0.168. The van der Waals surface area contributed by atoms with E-state index in [-0.39, 0.29) is 0 Å². The van der Waals surface area contributed by atoms with E-state index in [4.69, 9.17) is 21.1 Å². The zero-order valence-corrected chi connectivity index (χ0v) is 9.30. The Labute approximate surface area is 93.1 Å². The van der Waals surface area contributed by atoms with Gasteiger partial charge < -0.3 is 9.47 Å². The van der Waals surface area contributed by atoms with Crippen LogP contribution in [-0.2, 0) is 4.74 Å². The summed E-state index contributed by atoms with van der Waals surface area (Å²) in [6.07, 6.45) is -0.498. The first-order chi connectivity index (χ1) is 7.17. The Balaban J connectivity index is 2.74. The number of ether oxygens (including phenoxy) is 2. The molecule has 1 rings (SSSR count). The van der Waals surface area contributed by atoms with Crippen LogP contribution in [0.2, 0.25) is 5.02 Å². The summed E-state index contributed by atoms with van der Waals surface area (Å²) in [6, 6.07) is 4.93. The second-order valence-corrected chi connectivity index (χ2v) is 3.10.